The van der Waals surface area contributed by atoms with Gasteiger partial charge in [0.1, 0.15) is 28.0 Å². The number of pyridine rings is 1. The zero-order valence-corrected chi connectivity index (χ0v) is 34.4. The maximum absolute atomic E-state index is 6.93. The van der Waals surface area contributed by atoms with Crippen molar-refractivity contribution < 1.29 is 18.0 Å². The largest absolute Gasteiger partial charge is 0.455 e. The number of furan rings is 2. The average molecular weight is 772 g/mol. The third-order valence-electron chi connectivity index (χ3n) is 12.7. The van der Waals surface area contributed by atoms with E-state index >= 15 is 0 Å². The molecule has 282 valence electrons. The number of fused-ring (bicyclic) bond motifs is 11. The van der Waals surface area contributed by atoms with Crippen LogP contribution in [0.25, 0.3) is 89.4 Å². The van der Waals surface area contributed by atoms with Gasteiger partial charge in [-0.2, -0.15) is 13.7 Å². The van der Waals surface area contributed by atoms with E-state index in [1.807, 2.05) is 6.20 Å². The highest BCUT2D eigenvalue weighted by atomic mass is 28.3. The van der Waals surface area contributed by atoms with Crippen LogP contribution in [-0.4, -0.2) is 12.6 Å². The molecule has 10 aromatic rings. The third kappa shape index (κ3) is 5.14. The molecule has 0 bridgehead atoms. The molecule has 4 aromatic heterocycles. The van der Waals surface area contributed by atoms with Crippen LogP contribution in [0, 0.1) is 0 Å². The molecule has 5 nitrogen and oxygen atoms in total. The van der Waals surface area contributed by atoms with E-state index in [2.05, 4.69) is 193 Å². The van der Waals surface area contributed by atoms with Crippen molar-refractivity contribution in [2.75, 3.05) is 0 Å². The lowest BCUT2D eigenvalue weighted by atomic mass is 9.79. The van der Waals surface area contributed by atoms with Crippen molar-refractivity contribution in [3.8, 4) is 28.3 Å². The van der Waals surface area contributed by atoms with Gasteiger partial charge in [0, 0.05) is 38.7 Å². The summed E-state index contributed by atoms with van der Waals surface area (Å²) in [6.45, 7) is 14.1. The van der Waals surface area contributed by atoms with Gasteiger partial charge >= 0.3 is 5.82 Å². The standard InChI is InChI=1S/C52H45N3O2Si/c1-6-53-43-20-12-13-21-44(43)55(35-16-8-7-9-17-35)52(53)48-34(25-28-41-38-18-10-14-22-46(38)56-50(41)48)24-27-37-33(2)54-32-36(58(3,4)5)26-31-45(54)49-40(37)29-30-42-39-19-11-15-23-47(39)57-51(42)49/h6-23,25-26,28-33,37H,1,24,27H2,2-5H3/q+2. The van der Waals surface area contributed by atoms with Gasteiger partial charge in [0.05, 0.1) is 19.8 Å². The van der Waals surface area contributed by atoms with Crippen LogP contribution in [0.3, 0.4) is 0 Å². The second-order valence-corrected chi connectivity index (χ2v) is 22.0. The first kappa shape index (κ1) is 34.7. The molecule has 0 spiro atoms. The van der Waals surface area contributed by atoms with Crippen LogP contribution in [-0.2, 0) is 6.42 Å². The summed E-state index contributed by atoms with van der Waals surface area (Å²) < 4.78 is 20.9. The van der Waals surface area contributed by atoms with Gasteiger partial charge in [0.2, 0.25) is 5.69 Å². The molecule has 1 aliphatic rings. The number of aromatic nitrogens is 3. The van der Waals surface area contributed by atoms with Gasteiger partial charge in [-0.05, 0) is 67.3 Å². The lowest BCUT2D eigenvalue weighted by Gasteiger charge is -2.30. The van der Waals surface area contributed by atoms with E-state index in [0.29, 0.717) is 0 Å². The molecule has 1 aliphatic heterocycles. The van der Waals surface area contributed by atoms with E-state index in [-0.39, 0.29) is 12.0 Å². The molecular formula is C52H45N3O2Si+2. The number of nitrogens with zero attached hydrogens (tertiary/aromatic N) is 3. The molecule has 6 heteroatoms. The van der Waals surface area contributed by atoms with Gasteiger partial charge in [-0.15, -0.1) is 0 Å². The van der Waals surface area contributed by atoms with E-state index in [1.54, 1.807) is 0 Å². The molecule has 2 atom stereocenters. The van der Waals surface area contributed by atoms with Crippen LogP contribution >= 0.6 is 0 Å². The summed E-state index contributed by atoms with van der Waals surface area (Å²) in [5.41, 5.74) is 13.1. The van der Waals surface area contributed by atoms with Crippen molar-refractivity contribution in [3.63, 3.8) is 0 Å². The molecule has 2 unspecified atom stereocenters. The average Bonchev–Trinajstić information content (AvgIpc) is 3.92. The molecule has 0 N–H and O–H groups in total. The van der Waals surface area contributed by atoms with Crippen molar-refractivity contribution in [3.05, 3.63) is 163 Å². The Balaban J connectivity index is 1.14. The van der Waals surface area contributed by atoms with E-state index in [0.717, 1.165) is 79.4 Å². The molecule has 0 radical (unpaired) electrons. The highest BCUT2D eigenvalue weighted by molar-refractivity contribution is 6.88. The second kappa shape index (κ2) is 13.0. The monoisotopic (exact) mass is 771 g/mol. The highest BCUT2D eigenvalue weighted by Crippen LogP contribution is 2.47. The Hall–Kier alpha value is -6.50. The van der Waals surface area contributed by atoms with E-state index in [4.69, 9.17) is 8.83 Å². The molecule has 58 heavy (non-hydrogen) atoms. The number of benzene rings is 6. The molecule has 11 rings (SSSR count). The summed E-state index contributed by atoms with van der Waals surface area (Å²) in [7, 11) is -1.60. The minimum atomic E-state index is -1.60. The minimum Gasteiger partial charge on any atom is -0.455 e. The fraction of sp³-hybridized carbons (Fsp3) is 0.154. The summed E-state index contributed by atoms with van der Waals surface area (Å²) in [5, 5.41) is 6.02. The first-order chi connectivity index (χ1) is 28.3. The molecule has 0 saturated heterocycles. The SMILES string of the molecule is C=C[n+]1c(-c2c(CCC3c4ccc5c(oc6ccccc65)c4-c4ccc([Si](C)(C)C)c[n+]4C3C)ccc3c2oc2ccccc23)n(-c2ccccc2)c2ccccc21. The van der Waals surface area contributed by atoms with Gasteiger partial charge in [0.15, 0.2) is 28.9 Å². The second-order valence-electron chi connectivity index (χ2n) is 17.0. The summed E-state index contributed by atoms with van der Waals surface area (Å²) in [6.07, 6.45) is 6.18. The zero-order valence-electron chi connectivity index (χ0n) is 33.4. The van der Waals surface area contributed by atoms with Crippen molar-refractivity contribution in [2.45, 2.75) is 51.4 Å². The van der Waals surface area contributed by atoms with Crippen molar-refractivity contribution in [1.82, 2.24) is 4.57 Å². The van der Waals surface area contributed by atoms with Gasteiger partial charge in [-0.25, -0.2) is 0 Å². The lowest BCUT2D eigenvalue weighted by molar-refractivity contribution is -0.714. The van der Waals surface area contributed by atoms with Crippen molar-refractivity contribution in [1.29, 1.82) is 0 Å². The Morgan fingerprint density at radius 3 is 2.02 bits per heavy atom. The molecule has 6 aromatic carbocycles. The molecule has 0 amide bonds. The maximum Gasteiger partial charge on any atom is 0.303 e. The lowest BCUT2D eigenvalue weighted by Crippen LogP contribution is -2.51. The number of imidazole rings is 1. The predicted octanol–water partition coefficient (Wildman–Crippen LogP) is 12.3. The van der Waals surface area contributed by atoms with Crippen LogP contribution in [0.1, 0.15) is 36.4 Å². The van der Waals surface area contributed by atoms with Gasteiger partial charge < -0.3 is 8.83 Å². The Morgan fingerprint density at radius 1 is 0.672 bits per heavy atom. The van der Waals surface area contributed by atoms with Crippen molar-refractivity contribution in [2.24, 2.45) is 0 Å². The minimum absolute atomic E-state index is 0.229. The Labute approximate surface area is 338 Å². The number of hydrogen-bond donors (Lipinski definition) is 0. The van der Waals surface area contributed by atoms with Gasteiger partial charge in [0.25, 0.3) is 0 Å². The molecule has 5 heterocycles. The fourth-order valence-electron chi connectivity index (χ4n) is 9.78. The molecule has 0 saturated carbocycles. The van der Waals surface area contributed by atoms with E-state index < -0.39 is 8.07 Å². The third-order valence-corrected chi connectivity index (χ3v) is 14.7. The predicted molar refractivity (Wildman–Crippen MR) is 241 cm³/mol. The number of para-hydroxylation sites is 5. The van der Waals surface area contributed by atoms with E-state index in [1.165, 1.54) is 33.0 Å². The zero-order chi connectivity index (χ0) is 39.3. The Morgan fingerprint density at radius 2 is 1.31 bits per heavy atom. The topological polar surface area (TPSA) is 39.0 Å². The summed E-state index contributed by atoms with van der Waals surface area (Å²) in [5.74, 6) is 1.26. The molecule has 0 fully saturated rings. The molecular weight excluding hydrogens is 727 g/mol. The van der Waals surface area contributed by atoms with E-state index in [9.17, 15) is 0 Å². The van der Waals surface area contributed by atoms with Crippen LogP contribution in [0.4, 0.5) is 0 Å². The normalized spacial score (nSPS) is 15.4. The quantitative estimate of drug-likeness (QED) is 0.120. The van der Waals surface area contributed by atoms with Crippen LogP contribution in [0.2, 0.25) is 19.6 Å². The maximum atomic E-state index is 6.93. The van der Waals surface area contributed by atoms with Crippen LogP contribution < -0.4 is 14.3 Å². The summed E-state index contributed by atoms with van der Waals surface area (Å²) in [6, 6.07) is 50.4. The Kier molecular flexibility index (Phi) is 7.79. The smallest absolute Gasteiger partial charge is 0.303 e. The number of rotatable bonds is 7. The fourth-order valence-corrected chi connectivity index (χ4v) is 10.9. The first-order valence-electron chi connectivity index (χ1n) is 20.5. The van der Waals surface area contributed by atoms with Crippen molar-refractivity contribution >= 4 is 74.4 Å². The summed E-state index contributed by atoms with van der Waals surface area (Å²) in [4.78, 5) is 0. The van der Waals surface area contributed by atoms with Gasteiger partial charge in [-0.3, -0.25) is 0 Å². The van der Waals surface area contributed by atoms with Crippen LogP contribution in [0.15, 0.2) is 161 Å². The number of aryl methyl sites for hydroxylation is 1. The highest BCUT2D eigenvalue weighted by Gasteiger charge is 2.41. The van der Waals surface area contributed by atoms with Crippen LogP contribution in [0.5, 0.6) is 0 Å². The summed E-state index contributed by atoms with van der Waals surface area (Å²) >= 11 is 0. The number of hydrogen-bond acceptors (Lipinski definition) is 2. The molecule has 0 aliphatic carbocycles. The van der Waals surface area contributed by atoms with Gasteiger partial charge in [-0.1, -0.05) is 123 Å². The first-order valence-corrected chi connectivity index (χ1v) is 24.0. The Bertz CT molecular complexity index is 3270.